The summed E-state index contributed by atoms with van der Waals surface area (Å²) in [5.74, 6) is 0. The predicted molar refractivity (Wildman–Crippen MR) is 32.5 cm³/mol. The zero-order valence-corrected chi connectivity index (χ0v) is 5.04. The van der Waals surface area contributed by atoms with Crippen molar-refractivity contribution < 1.29 is 9.53 Å². The topological polar surface area (TPSA) is 41.9 Å². The first kappa shape index (κ1) is 6.22. The van der Waals surface area contributed by atoms with Gasteiger partial charge in [-0.05, 0) is 6.72 Å². The largest absolute Gasteiger partial charge is 0.359 e. The van der Waals surface area contributed by atoms with Gasteiger partial charge in [0.1, 0.15) is 6.73 Å². The molecule has 0 aromatic carbocycles. The van der Waals surface area contributed by atoms with Crippen molar-refractivity contribution in [3.05, 3.63) is 0 Å². The zero-order chi connectivity index (χ0) is 6.69. The Bertz CT molecular complexity index is 129. The molecular weight excluding hydrogens is 120 g/mol. The minimum atomic E-state index is -0.299. The number of rotatable bonds is 0. The van der Waals surface area contributed by atoms with Gasteiger partial charge in [-0.3, -0.25) is 4.90 Å². The van der Waals surface area contributed by atoms with Crippen molar-refractivity contribution in [2.45, 2.75) is 0 Å². The molecule has 0 saturated carbocycles. The van der Waals surface area contributed by atoms with Crippen LogP contribution in [0.25, 0.3) is 0 Å². The van der Waals surface area contributed by atoms with Gasteiger partial charge in [-0.25, -0.2) is 9.79 Å². The van der Waals surface area contributed by atoms with Crippen molar-refractivity contribution in [3.63, 3.8) is 0 Å². The minimum Gasteiger partial charge on any atom is -0.359 e. The van der Waals surface area contributed by atoms with Crippen LogP contribution in [0.2, 0.25) is 0 Å². The Morgan fingerprint density at radius 3 is 3.00 bits per heavy atom. The molecule has 1 aliphatic heterocycles. The molecular formula is C5H8N2O2. The maximum Gasteiger partial charge on any atom is 0.344 e. The van der Waals surface area contributed by atoms with Crippen molar-refractivity contribution >= 4 is 12.7 Å². The van der Waals surface area contributed by atoms with Gasteiger partial charge in [-0.15, -0.1) is 0 Å². The Hall–Kier alpha value is -0.900. The minimum absolute atomic E-state index is 0.299. The predicted octanol–water partition coefficient (Wildman–Crippen LogP) is 0.0967. The van der Waals surface area contributed by atoms with Crippen LogP contribution in [0.15, 0.2) is 4.99 Å². The van der Waals surface area contributed by atoms with Crippen LogP contribution in [0.3, 0.4) is 0 Å². The highest BCUT2D eigenvalue weighted by atomic mass is 16.5. The summed E-state index contributed by atoms with van der Waals surface area (Å²) in [6.07, 6.45) is 0. The summed E-state index contributed by atoms with van der Waals surface area (Å²) in [7, 11) is 0. The molecule has 1 heterocycles. The SMILES string of the molecule is C=NC(=O)N1CCOC1. The Morgan fingerprint density at radius 1 is 1.78 bits per heavy atom. The first-order valence-electron chi connectivity index (χ1n) is 2.68. The van der Waals surface area contributed by atoms with E-state index in [-0.39, 0.29) is 6.03 Å². The van der Waals surface area contributed by atoms with E-state index in [2.05, 4.69) is 11.7 Å². The number of hydrogen-bond donors (Lipinski definition) is 0. The number of hydrogen-bond acceptors (Lipinski definition) is 2. The molecule has 0 unspecified atom stereocenters. The zero-order valence-electron chi connectivity index (χ0n) is 5.04. The quantitative estimate of drug-likeness (QED) is 0.434. The fraction of sp³-hybridized carbons (Fsp3) is 0.600. The maximum atomic E-state index is 10.6. The number of amides is 2. The van der Waals surface area contributed by atoms with Gasteiger partial charge in [0.25, 0.3) is 0 Å². The molecule has 50 valence electrons. The lowest BCUT2D eigenvalue weighted by molar-refractivity contribution is 0.148. The van der Waals surface area contributed by atoms with E-state index in [1.54, 1.807) is 0 Å². The molecule has 1 rings (SSSR count). The first-order chi connectivity index (χ1) is 4.34. The molecule has 0 aliphatic carbocycles. The molecule has 0 atom stereocenters. The Labute approximate surface area is 53.1 Å². The van der Waals surface area contributed by atoms with Crippen LogP contribution in [0, 0.1) is 0 Å². The molecule has 1 fully saturated rings. The summed E-state index contributed by atoms with van der Waals surface area (Å²) >= 11 is 0. The molecule has 9 heavy (non-hydrogen) atoms. The van der Waals surface area contributed by atoms with Gasteiger partial charge >= 0.3 is 6.03 Å². The van der Waals surface area contributed by atoms with Gasteiger partial charge < -0.3 is 4.74 Å². The lowest BCUT2D eigenvalue weighted by atomic mass is 10.6. The highest BCUT2D eigenvalue weighted by Gasteiger charge is 2.15. The standard InChI is InChI=1S/C5H8N2O2/c1-6-5(8)7-2-3-9-4-7/h1-4H2. The van der Waals surface area contributed by atoms with E-state index in [1.165, 1.54) is 4.90 Å². The summed E-state index contributed by atoms with van der Waals surface area (Å²) in [4.78, 5) is 15.4. The average Bonchev–Trinajstić information content (AvgIpc) is 2.37. The van der Waals surface area contributed by atoms with Crippen LogP contribution >= 0.6 is 0 Å². The Morgan fingerprint density at radius 2 is 2.56 bits per heavy atom. The molecule has 0 aromatic rings. The summed E-state index contributed by atoms with van der Waals surface area (Å²) in [5.41, 5.74) is 0. The second-order valence-corrected chi connectivity index (χ2v) is 1.74. The smallest absolute Gasteiger partial charge is 0.344 e. The second kappa shape index (κ2) is 2.59. The van der Waals surface area contributed by atoms with Crippen molar-refractivity contribution in [2.75, 3.05) is 19.9 Å². The third kappa shape index (κ3) is 1.26. The number of carbonyl (C=O) groups is 1. The fourth-order valence-corrected chi connectivity index (χ4v) is 0.665. The summed E-state index contributed by atoms with van der Waals surface area (Å²) in [5, 5.41) is 0. The van der Waals surface area contributed by atoms with Crippen molar-refractivity contribution in [2.24, 2.45) is 4.99 Å². The molecule has 0 aromatic heterocycles. The summed E-state index contributed by atoms with van der Waals surface area (Å²) < 4.78 is 4.90. The monoisotopic (exact) mass is 128 g/mol. The van der Waals surface area contributed by atoms with E-state index in [0.29, 0.717) is 19.9 Å². The Balaban J connectivity index is 2.41. The van der Waals surface area contributed by atoms with Crippen LogP contribution in [0.1, 0.15) is 0 Å². The molecule has 0 radical (unpaired) electrons. The van der Waals surface area contributed by atoms with E-state index in [4.69, 9.17) is 4.74 Å². The van der Waals surface area contributed by atoms with Gasteiger partial charge in [-0.1, -0.05) is 0 Å². The van der Waals surface area contributed by atoms with Gasteiger partial charge in [0.05, 0.1) is 6.61 Å². The van der Waals surface area contributed by atoms with E-state index in [1.807, 2.05) is 0 Å². The molecule has 1 saturated heterocycles. The molecule has 4 nitrogen and oxygen atoms in total. The van der Waals surface area contributed by atoms with Crippen LogP contribution in [-0.2, 0) is 4.74 Å². The third-order valence-electron chi connectivity index (χ3n) is 1.16. The van der Waals surface area contributed by atoms with Crippen molar-refractivity contribution in [1.82, 2.24) is 4.90 Å². The average molecular weight is 128 g/mol. The Kier molecular flexibility index (Phi) is 1.79. The van der Waals surface area contributed by atoms with E-state index in [9.17, 15) is 4.79 Å². The van der Waals surface area contributed by atoms with Gasteiger partial charge in [0.2, 0.25) is 0 Å². The van der Waals surface area contributed by atoms with Gasteiger partial charge in [0.15, 0.2) is 0 Å². The lowest BCUT2D eigenvalue weighted by Crippen LogP contribution is -2.24. The van der Waals surface area contributed by atoms with Crippen LogP contribution in [0.5, 0.6) is 0 Å². The molecule has 4 heteroatoms. The number of ether oxygens (including phenoxy) is 1. The van der Waals surface area contributed by atoms with Gasteiger partial charge in [0, 0.05) is 6.54 Å². The van der Waals surface area contributed by atoms with Crippen LogP contribution in [-0.4, -0.2) is 37.5 Å². The molecule has 0 N–H and O–H groups in total. The number of aliphatic imine (C=N–C) groups is 1. The molecule has 1 aliphatic rings. The third-order valence-corrected chi connectivity index (χ3v) is 1.16. The maximum absolute atomic E-state index is 10.6. The van der Waals surface area contributed by atoms with E-state index >= 15 is 0 Å². The summed E-state index contributed by atoms with van der Waals surface area (Å²) in [6.45, 7) is 4.72. The van der Waals surface area contributed by atoms with Crippen molar-refractivity contribution in [3.8, 4) is 0 Å². The fourth-order valence-electron chi connectivity index (χ4n) is 0.665. The van der Waals surface area contributed by atoms with E-state index < -0.39 is 0 Å². The van der Waals surface area contributed by atoms with Crippen LogP contribution in [0.4, 0.5) is 4.79 Å². The highest BCUT2D eigenvalue weighted by Crippen LogP contribution is 1.99. The van der Waals surface area contributed by atoms with E-state index in [0.717, 1.165) is 0 Å². The normalized spacial score (nSPS) is 18.0. The van der Waals surface area contributed by atoms with Gasteiger partial charge in [-0.2, -0.15) is 0 Å². The number of nitrogens with zero attached hydrogens (tertiary/aromatic N) is 2. The summed E-state index contributed by atoms with van der Waals surface area (Å²) in [6, 6.07) is -0.299. The lowest BCUT2D eigenvalue weighted by Gasteiger charge is -2.07. The first-order valence-corrected chi connectivity index (χ1v) is 2.68. The number of urea groups is 1. The number of carbonyl (C=O) groups excluding carboxylic acids is 1. The molecule has 0 spiro atoms. The highest BCUT2D eigenvalue weighted by molar-refractivity contribution is 5.78. The molecule has 2 amide bonds. The van der Waals surface area contributed by atoms with Crippen LogP contribution < -0.4 is 0 Å². The second-order valence-electron chi connectivity index (χ2n) is 1.74. The van der Waals surface area contributed by atoms with Crippen molar-refractivity contribution in [1.29, 1.82) is 0 Å². The molecule has 0 bridgehead atoms.